The number of nitrogens with one attached hydrogen (secondary N) is 2. The van der Waals surface area contributed by atoms with Gasteiger partial charge in [0.1, 0.15) is 11.5 Å². The van der Waals surface area contributed by atoms with E-state index in [0.29, 0.717) is 10.6 Å². The highest BCUT2D eigenvalue weighted by molar-refractivity contribution is 7.80. The molecule has 2 N–H and O–H groups in total. The molecule has 4 nitrogen and oxygen atoms in total. The Balaban J connectivity index is 1.61. The lowest BCUT2D eigenvalue weighted by Gasteiger charge is -2.11. The molecule has 0 saturated heterocycles. The van der Waals surface area contributed by atoms with E-state index in [9.17, 15) is 4.79 Å². The first-order valence-electron chi connectivity index (χ1n) is 7.62. The SMILES string of the molecule is Cc1ccc(C(=O)NC(=S)Nc2cccc(Oc3ccccc3)c2)s1. The van der Waals surface area contributed by atoms with Crippen molar-refractivity contribution in [2.45, 2.75) is 6.92 Å². The maximum Gasteiger partial charge on any atom is 0.267 e. The van der Waals surface area contributed by atoms with Gasteiger partial charge < -0.3 is 10.1 Å². The van der Waals surface area contributed by atoms with E-state index in [-0.39, 0.29) is 11.0 Å². The van der Waals surface area contributed by atoms with Gasteiger partial charge in [-0.15, -0.1) is 11.3 Å². The quantitative estimate of drug-likeness (QED) is 0.638. The van der Waals surface area contributed by atoms with Crippen LogP contribution in [-0.4, -0.2) is 11.0 Å². The van der Waals surface area contributed by atoms with Gasteiger partial charge in [0.05, 0.1) is 4.88 Å². The number of hydrogen-bond donors (Lipinski definition) is 2. The molecule has 1 aromatic heterocycles. The van der Waals surface area contributed by atoms with Crippen molar-refractivity contribution in [2.75, 3.05) is 5.32 Å². The Hall–Kier alpha value is -2.70. The third kappa shape index (κ3) is 4.89. The lowest BCUT2D eigenvalue weighted by Crippen LogP contribution is -2.33. The Kier molecular flexibility index (Phi) is 5.42. The van der Waals surface area contributed by atoms with Crippen LogP contribution in [0.15, 0.2) is 66.7 Å². The van der Waals surface area contributed by atoms with E-state index in [1.807, 2.05) is 67.6 Å². The van der Waals surface area contributed by atoms with Crippen LogP contribution in [0.5, 0.6) is 11.5 Å². The number of carbonyl (C=O) groups excluding carboxylic acids is 1. The van der Waals surface area contributed by atoms with Gasteiger partial charge in [0.25, 0.3) is 5.91 Å². The van der Waals surface area contributed by atoms with E-state index in [1.54, 1.807) is 6.07 Å². The van der Waals surface area contributed by atoms with Crippen molar-refractivity contribution in [2.24, 2.45) is 0 Å². The summed E-state index contributed by atoms with van der Waals surface area (Å²) in [5.41, 5.74) is 0.737. The first-order valence-corrected chi connectivity index (χ1v) is 8.84. The fourth-order valence-corrected chi connectivity index (χ4v) is 3.12. The smallest absolute Gasteiger partial charge is 0.267 e. The van der Waals surface area contributed by atoms with Crippen LogP contribution < -0.4 is 15.4 Å². The van der Waals surface area contributed by atoms with Crippen molar-refractivity contribution in [3.8, 4) is 11.5 Å². The Labute approximate surface area is 155 Å². The van der Waals surface area contributed by atoms with Gasteiger partial charge in [0.2, 0.25) is 0 Å². The molecule has 1 heterocycles. The Morgan fingerprint density at radius 1 is 1.00 bits per heavy atom. The number of hydrogen-bond acceptors (Lipinski definition) is 4. The topological polar surface area (TPSA) is 50.4 Å². The molecule has 0 aliphatic carbocycles. The average molecular weight is 368 g/mol. The van der Waals surface area contributed by atoms with Crippen molar-refractivity contribution in [1.82, 2.24) is 5.32 Å². The summed E-state index contributed by atoms with van der Waals surface area (Å²) in [6.45, 7) is 1.95. The third-order valence-corrected chi connectivity index (χ3v) is 4.47. The molecule has 0 fully saturated rings. The molecule has 3 aromatic rings. The van der Waals surface area contributed by atoms with Crippen LogP contribution in [0, 0.1) is 6.92 Å². The fraction of sp³-hybridized carbons (Fsp3) is 0.0526. The molecule has 126 valence electrons. The molecule has 0 atom stereocenters. The maximum atomic E-state index is 12.1. The van der Waals surface area contributed by atoms with Crippen LogP contribution in [0.3, 0.4) is 0 Å². The summed E-state index contributed by atoms with van der Waals surface area (Å²) >= 11 is 6.64. The predicted molar refractivity (Wildman–Crippen MR) is 106 cm³/mol. The van der Waals surface area contributed by atoms with E-state index < -0.39 is 0 Å². The summed E-state index contributed by atoms with van der Waals surface area (Å²) in [5, 5.41) is 5.92. The van der Waals surface area contributed by atoms with E-state index in [0.717, 1.165) is 16.3 Å². The molecular formula is C19H16N2O2S2. The average Bonchev–Trinajstić information content (AvgIpc) is 3.02. The van der Waals surface area contributed by atoms with Gasteiger partial charge in [0, 0.05) is 16.6 Å². The standard InChI is InChI=1S/C19H16N2O2S2/c1-13-10-11-17(25-13)18(22)21-19(24)20-14-6-5-9-16(12-14)23-15-7-3-2-4-8-15/h2-12H,1H3,(H2,20,21,22,24). The maximum absolute atomic E-state index is 12.1. The summed E-state index contributed by atoms with van der Waals surface area (Å²) in [4.78, 5) is 13.8. The van der Waals surface area contributed by atoms with E-state index in [2.05, 4.69) is 10.6 Å². The molecule has 2 aromatic carbocycles. The largest absolute Gasteiger partial charge is 0.457 e. The van der Waals surface area contributed by atoms with Crippen LogP contribution in [0.2, 0.25) is 0 Å². The van der Waals surface area contributed by atoms with Crippen molar-refractivity contribution in [1.29, 1.82) is 0 Å². The van der Waals surface area contributed by atoms with Crippen LogP contribution in [0.4, 0.5) is 5.69 Å². The minimum absolute atomic E-state index is 0.215. The monoisotopic (exact) mass is 368 g/mol. The van der Waals surface area contributed by atoms with E-state index in [1.165, 1.54) is 11.3 Å². The molecule has 0 aliphatic rings. The number of amides is 1. The Morgan fingerprint density at radius 2 is 1.76 bits per heavy atom. The molecule has 1 amide bonds. The molecule has 0 spiro atoms. The predicted octanol–water partition coefficient (Wildman–Crippen LogP) is 4.98. The lowest BCUT2D eigenvalue weighted by atomic mass is 10.3. The zero-order chi connectivity index (χ0) is 17.6. The Morgan fingerprint density at radius 3 is 2.48 bits per heavy atom. The van der Waals surface area contributed by atoms with Crippen LogP contribution >= 0.6 is 23.6 Å². The van der Waals surface area contributed by atoms with Crippen molar-refractivity contribution >= 4 is 40.3 Å². The third-order valence-electron chi connectivity index (χ3n) is 3.26. The van der Waals surface area contributed by atoms with Crippen molar-refractivity contribution in [3.63, 3.8) is 0 Å². The van der Waals surface area contributed by atoms with Crippen LogP contribution in [0.1, 0.15) is 14.5 Å². The number of carbonyl (C=O) groups is 1. The molecule has 0 radical (unpaired) electrons. The second-order valence-electron chi connectivity index (χ2n) is 5.26. The number of thiocarbonyl (C=S) groups is 1. The number of ether oxygens (including phenoxy) is 1. The van der Waals surface area contributed by atoms with Gasteiger partial charge in [-0.3, -0.25) is 10.1 Å². The molecule has 0 bridgehead atoms. The second kappa shape index (κ2) is 7.92. The van der Waals surface area contributed by atoms with Crippen LogP contribution in [0.25, 0.3) is 0 Å². The van der Waals surface area contributed by atoms with Crippen molar-refractivity contribution < 1.29 is 9.53 Å². The highest BCUT2D eigenvalue weighted by atomic mass is 32.1. The van der Waals surface area contributed by atoms with Gasteiger partial charge >= 0.3 is 0 Å². The summed E-state index contributed by atoms with van der Waals surface area (Å²) in [7, 11) is 0. The van der Waals surface area contributed by atoms with Gasteiger partial charge in [-0.25, -0.2) is 0 Å². The number of thiophene rings is 1. The number of benzene rings is 2. The molecule has 0 saturated carbocycles. The number of anilines is 1. The minimum Gasteiger partial charge on any atom is -0.457 e. The highest BCUT2D eigenvalue weighted by Crippen LogP contribution is 2.23. The number of rotatable bonds is 4. The van der Waals surface area contributed by atoms with Gasteiger partial charge in [-0.05, 0) is 55.5 Å². The molecule has 0 unspecified atom stereocenters. The van der Waals surface area contributed by atoms with Gasteiger partial charge in [0.15, 0.2) is 5.11 Å². The van der Waals surface area contributed by atoms with Crippen molar-refractivity contribution in [3.05, 3.63) is 76.5 Å². The number of para-hydroxylation sites is 1. The van der Waals surface area contributed by atoms with E-state index in [4.69, 9.17) is 17.0 Å². The highest BCUT2D eigenvalue weighted by Gasteiger charge is 2.10. The first-order chi connectivity index (χ1) is 12.1. The Bertz CT molecular complexity index is 891. The molecular weight excluding hydrogens is 352 g/mol. The summed E-state index contributed by atoms with van der Waals surface area (Å²) in [5.74, 6) is 1.22. The summed E-state index contributed by atoms with van der Waals surface area (Å²) < 4.78 is 5.78. The first kappa shape index (κ1) is 17.1. The zero-order valence-corrected chi connectivity index (χ0v) is 15.1. The zero-order valence-electron chi connectivity index (χ0n) is 13.5. The molecule has 3 rings (SSSR count). The summed E-state index contributed by atoms with van der Waals surface area (Å²) in [6, 6.07) is 20.6. The molecule has 25 heavy (non-hydrogen) atoms. The minimum atomic E-state index is -0.215. The van der Waals surface area contributed by atoms with Gasteiger partial charge in [-0.1, -0.05) is 24.3 Å². The van der Waals surface area contributed by atoms with Gasteiger partial charge in [-0.2, -0.15) is 0 Å². The molecule has 0 aliphatic heterocycles. The second-order valence-corrected chi connectivity index (χ2v) is 6.96. The fourth-order valence-electron chi connectivity index (χ4n) is 2.15. The van der Waals surface area contributed by atoms with Crippen LogP contribution in [-0.2, 0) is 0 Å². The summed E-state index contributed by atoms with van der Waals surface area (Å²) in [6.07, 6.45) is 0. The molecule has 6 heteroatoms. The normalized spacial score (nSPS) is 10.1. The number of aryl methyl sites for hydroxylation is 1. The van der Waals surface area contributed by atoms with E-state index >= 15 is 0 Å². The lowest BCUT2D eigenvalue weighted by molar-refractivity contribution is 0.0981.